The summed E-state index contributed by atoms with van der Waals surface area (Å²) in [5, 5.41) is 10.1. The van der Waals surface area contributed by atoms with Gasteiger partial charge >= 0.3 is 5.97 Å². The molecule has 0 spiro atoms. The van der Waals surface area contributed by atoms with E-state index in [4.69, 9.17) is 9.47 Å². The number of methoxy groups -OCH3 is 1. The van der Waals surface area contributed by atoms with Gasteiger partial charge in [0, 0.05) is 5.39 Å². The largest absolute Gasteiger partial charge is 0.495 e. The normalized spacial score (nSPS) is 11.8. The van der Waals surface area contributed by atoms with Gasteiger partial charge in [-0.25, -0.2) is 4.79 Å². The van der Waals surface area contributed by atoms with Crippen molar-refractivity contribution in [2.24, 2.45) is 0 Å². The van der Waals surface area contributed by atoms with Crippen molar-refractivity contribution in [2.45, 2.75) is 20.0 Å². The topological polar surface area (TPSA) is 93.3 Å². The monoisotopic (exact) mass is 353 g/mol. The lowest BCUT2D eigenvalue weighted by molar-refractivity contribution is -0.123. The van der Waals surface area contributed by atoms with Gasteiger partial charge in [-0.3, -0.25) is 9.89 Å². The van der Waals surface area contributed by atoms with Crippen molar-refractivity contribution in [1.82, 2.24) is 10.2 Å². The zero-order chi connectivity index (χ0) is 18.7. The fraction of sp³-hybridized carbons (Fsp3) is 0.211. The molecule has 1 heterocycles. The van der Waals surface area contributed by atoms with Crippen molar-refractivity contribution in [1.29, 1.82) is 0 Å². The maximum Gasteiger partial charge on any atom is 0.360 e. The van der Waals surface area contributed by atoms with Crippen LogP contribution in [0.25, 0.3) is 10.9 Å². The molecule has 7 heteroatoms. The lowest BCUT2D eigenvalue weighted by Crippen LogP contribution is -2.30. The molecule has 2 aromatic carbocycles. The number of aromatic amines is 1. The van der Waals surface area contributed by atoms with E-state index >= 15 is 0 Å². The first-order valence-electron chi connectivity index (χ1n) is 8.09. The highest BCUT2D eigenvalue weighted by Gasteiger charge is 2.23. The molecule has 26 heavy (non-hydrogen) atoms. The molecule has 1 amide bonds. The van der Waals surface area contributed by atoms with Crippen LogP contribution < -0.4 is 10.1 Å². The maximum atomic E-state index is 12.4. The number of nitrogens with one attached hydrogen (secondary N) is 2. The molecule has 1 atom stereocenters. The first-order chi connectivity index (χ1) is 12.5. The number of aryl methyl sites for hydroxylation is 1. The van der Waals surface area contributed by atoms with Gasteiger partial charge < -0.3 is 14.8 Å². The standard InChI is InChI=1S/C19H19N3O4/c1-11-8-9-16(25-3)15(10-11)20-18(23)12(2)26-19(24)17-13-6-4-5-7-14(13)21-22-17/h4-10,12H,1-3H3,(H,20,23)(H,21,22). The van der Waals surface area contributed by atoms with Gasteiger partial charge in [-0.2, -0.15) is 5.10 Å². The number of amides is 1. The van der Waals surface area contributed by atoms with Crippen LogP contribution in [0.3, 0.4) is 0 Å². The number of nitrogens with zero attached hydrogens (tertiary/aromatic N) is 1. The Kier molecular flexibility index (Phi) is 4.88. The van der Waals surface area contributed by atoms with Crippen molar-refractivity contribution in [3.8, 4) is 5.75 Å². The Morgan fingerprint density at radius 1 is 1.19 bits per heavy atom. The van der Waals surface area contributed by atoms with E-state index in [1.54, 1.807) is 30.3 Å². The van der Waals surface area contributed by atoms with Crippen LogP contribution in [0.4, 0.5) is 5.69 Å². The molecule has 2 N–H and O–H groups in total. The highest BCUT2D eigenvalue weighted by molar-refractivity contribution is 6.03. The Hall–Kier alpha value is -3.35. The predicted molar refractivity (Wildman–Crippen MR) is 97.3 cm³/mol. The van der Waals surface area contributed by atoms with Crippen LogP contribution in [0.1, 0.15) is 23.0 Å². The predicted octanol–water partition coefficient (Wildman–Crippen LogP) is 3.06. The molecule has 0 bridgehead atoms. The van der Waals surface area contributed by atoms with Gasteiger partial charge in [-0.1, -0.05) is 24.3 Å². The van der Waals surface area contributed by atoms with E-state index in [1.165, 1.54) is 14.0 Å². The summed E-state index contributed by atoms with van der Waals surface area (Å²) >= 11 is 0. The van der Waals surface area contributed by atoms with Gasteiger partial charge in [-0.05, 0) is 37.6 Å². The number of hydrogen-bond donors (Lipinski definition) is 2. The van der Waals surface area contributed by atoms with Crippen LogP contribution in [0, 0.1) is 6.92 Å². The number of aromatic nitrogens is 2. The molecule has 0 radical (unpaired) electrons. The third-order valence-electron chi connectivity index (χ3n) is 3.93. The molecule has 134 valence electrons. The van der Waals surface area contributed by atoms with Crippen molar-refractivity contribution in [2.75, 3.05) is 12.4 Å². The molecule has 0 fully saturated rings. The molecule has 0 saturated carbocycles. The van der Waals surface area contributed by atoms with Crippen LogP contribution in [0.15, 0.2) is 42.5 Å². The summed E-state index contributed by atoms with van der Waals surface area (Å²) in [5.41, 5.74) is 2.36. The number of para-hydroxylation sites is 1. The van der Waals surface area contributed by atoms with Gasteiger partial charge in [0.15, 0.2) is 11.8 Å². The molecule has 0 saturated heterocycles. The Morgan fingerprint density at radius 2 is 1.96 bits per heavy atom. The fourth-order valence-corrected chi connectivity index (χ4v) is 2.54. The second-order valence-electron chi connectivity index (χ2n) is 5.86. The number of anilines is 1. The quantitative estimate of drug-likeness (QED) is 0.688. The third kappa shape index (κ3) is 3.51. The lowest BCUT2D eigenvalue weighted by Gasteiger charge is -2.15. The first kappa shape index (κ1) is 17.5. The van der Waals surface area contributed by atoms with Crippen LogP contribution in [-0.2, 0) is 9.53 Å². The van der Waals surface area contributed by atoms with E-state index in [1.807, 2.05) is 19.1 Å². The highest BCUT2D eigenvalue weighted by atomic mass is 16.5. The van der Waals surface area contributed by atoms with Gasteiger partial charge in [0.25, 0.3) is 5.91 Å². The Bertz CT molecular complexity index is 964. The molecule has 0 aliphatic rings. The number of esters is 1. The van der Waals surface area contributed by atoms with Crippen LogP contribution in [0.2, 0.25) is 0 Å². The van der Waals surface area contributed by atoms with Gasteiger partial charge in [0.2, 0.25) is 0 Å². The Morgan fingerprint density at radius 3 is 2.73 bits per heavy atom. The van der Waals surface area contributed by atoms with Gasteiger partial charge in [0.05, 0.1) is 18.3 Å². The van der Waals surface area contributed by atoms with Crippen molar-refractivity contribution in [3.05, 3.63) is 53.7 Å². The minimum Gasteiger partial charge on any atom is -0.495 e. The maximum absolute atomic E-state index is 12.4. The minimum absolute atomic E-state index is 0.147. The Labute approximate surface area is 150 Å². The third-order valence-corrected chi connectivity index (χ3v) is 3.93. The summed E-state index contributed by atoms with van der Waals surface area (Å²) in [4.78, 5) is 24.7. The zero-order valence-electron chi connectivity index (χ0n) is 14.7. The zero-order valence-corrected chi connectivity index (χ0v) is 14.7. The SMILES string of the molecule is COc1ccc(C)cc1NC(=O)C(C)OC(=O)c1n[nH]c2ccccc12. The minimum atomic E-state index is -0.997. The van der Waals surface area contributed by atoms with Crippen molar-refractivity contribution < 1.29 is 19.1 Å². The number of hydrogen-bond acceptors (Lipinski definition) is 5. The summed E-state index contributed by atoms with van der Waals surface area (Å²) in [6.45, 7) is 3.41. The molecule has 3 rings (SSSR count). The molecule has 7 nitrogen and oxygen atoms in total. The summed E-state index contributed by atoms with van der Waals surface area (Å²) < 4.78 is 10.5. The first-order valence-corrected chi connectivity index (χ1v) is 8.09. The van der Waals surface area contributed by atoms with E-state index in [2.05, 4.69) is 15.5 Å². The van der Waals surface area contributed by atoms with Crippen molar-refractivity contribution >= 4 is 28.5 Å². The summed E-state index contributed by atoms with van der Waals surface area (Å²) in [7, 11) is 1.52. The number of benzene rings is 2. The second-order valence-corrected chi connectivity index (χ2v) is 5.86. The molecule has 1 aromatic heterocycles. The van der Waals surface area contributed by atoms with Gasteiger partial charge in [-0.15, -0.1) is 0 Å². The number of carbonyl (C=O) groups is 2. The number of fused-ring (bicyclic) bond motifs is 1. The Balaban J connectivity index is 1.71. The lowest BCUT2D eigenvalue weighted by atomic mass is 10.2. The van der Waals surface area contributed by atoms with E-state index in [0.29, 0.717) is 16.8 Å². The van der Waals surface area contributed by atoms with Crippen LogP contribution >= 0.6 is 0 Å². The molecule has 0 aliphatic heterocycles. The smallest absolute Gasteiger partial charge is 0.360 e. The number of carbonyl (C=O) groups excluding carboxylic acids is 2. The van der Waals surface area contributed by atoms with Crippen LogP contribution in [-0.4, -0.2) is 35.3 Å². The molecule has 1 unspecified atom stereocenters. The highest BCUT2D eigenvalue weighted by Crippen LogP contribution is 2.25. The summed E-state index contributed by atoms with van der Waals surface area (Å²) in [5.74, 6) is -0.593. The average Bonchev–Trinajstić information content (AvgIpc) is 3.06. The average molecular weight is 353 g/mol. The van der Waals surface area contributed by atoms with E-state index in [-0.39, 0.29) is 5.69 Å². The number of rotatable bonds is 5. The summed E-state index contributed by atoms with van der Waals surface area (Å²) in [6, 6.07) is 12.6. The summed E-state index contributed by atoms with van der Waals surface area (Å²) in [6.07, 6.45) is -0.997. The molecule has 0 aliphatic carbocycles. The van der Waals surface area contributed by atoms with Gasteiger partial charge in [0.1, 0.15) is 5.75 Å². The van der Waals surface area contributed by atoms with E-state index in [0.717, 1.165) is 11.1 Å². The van der Waals surface area contributed by atoms with Crippen LogP contribution in [0.5, 0.6) is 5.75 Å². The van der Waals surface area contributed by atoms with E-state index in [9.17, 15) is 9.59 Å². The molecular formula is C19H19N3O4. The second kappa shape index (κ2) is 7.26. The number of ether oxygens (including phenoxy) is 2. The molecule has 3 aromatic rings. The molecular weight excluding hydrogens is 334 g/mol. The van der Waals surface area contributed by atoms with E-state index < -0.39 is 18.0 Å². The van der Waals surface area contributed by atoms with Crippen molar-refractivity contribution in [3.63, 3.8) is 0 Å². The fourth-order valence-electron chi connectivity index (χ4n) is 2.54. The number of H-pyrrole nitrogens is 1.